The number of benzene rings is 2. The zero-order chi connectivity index (χ0) is 53.9. The number of carbonyl (C=O) groups is 5. The van der Waals surface area contributed by atoms with Crippen molar-refractivity contribution in [3.63, 3.8) is 0 Å². The van der Waals surface area contributed by atoms with Crippen molar-refractivity contribution >= 4 is 40.5 Å². The summed E-state index contributed by atoms with van der Waals surface area (Å²) in [5.74, 6) is -2.63. The van der Waals surface area contributed by atoms with E-state index in [2.05, 4.69) is 54.3 Å². The molecule has 0 radical (unpaired) electrons. The largest absolute Gasteiger partial charge is 0.464 e. The van der Waals surface area contributed by atoms with E-state index >= 15 is 4.39 Å². The third kappa shape index (κ3) is 12.2. The molecule has 6 heterocycles. The second kappa shape index (κ2) is 23.1. The maximum absolute atomic E-state index is 16.1. The Morgan fingerprint density at radius 2 is 1.83 bits per heavy atom. The van der Waals surface area contributed by atoms with Crippen molar-refractivity contribution in [3.05, 3.63) is 89.5 Å². The molecule has 4 amide bonds. The van der Waals surface area contributed by atoms with E-state index in [0.29, 0.717) is 75.9 Å². The van der Waals surface area contributed by atoms with Gasteiger partial charge in [0.25, 0.3) is 5.91 Å². The number of rotatable bonds is 12. The first-order chi connectivity index (χ1) is 35.7. The van der Waals surface area contributed by atoms with Crippen LogP contribution in [0.2, 0.25) is 0 Å². The van der Waals surface area contributed by atoms with Crippen LogP contribution >= 0.6 is 0 Å². The van der Waals surface area contributed by atoms with Gasteiger partial charge in [-0.3, -0.25) is 29.2 Å². The van der Waals surface area contributed by atoms with Crippen LogP contribution in [-0.2, 0) is 52.8 Å². The fourth-order valence-electron chi connectivity index (χ4n) is 11.6. The molecule has 75 heavy (non-hydrogen) atoms. The van der Waals surface area contributed by atoms with Gasteiger partial charge in [0.15, 0.2) is 5.78 Å². The Morgan fingerprint density at radius 3 is 2.56 bits per heavy atom. The maximum Gasteiger partial charge on any atom is 0.324 e. The highest BCUT2D eigenvalue weighted by Crippen LogP contribution is 2.43. The number of hydrazine groups is 1. The van der Waals surface area contributed by atoms with Gasteiger partial charge in [-0.05, 0) is 137 Å². The Morgan fingerprint density at radius 1 is 1.04 bits per heavy atom. The van der Waals surface area contributed by atoms with E-state index in [1.165, 1.54) is 22.0 Å². The van der Waals surface area contributed by atoms with E-state index < -0.39 is 52.7 Å². The lowest BCUT2D eigenvalue weighted by molar-refractivity contribution is -0.155. The van der Waals surface area contributed by atoms with Crippen LogP contribution < -0.4 is 10.7 Å². The number of halogens is 1. The monoisotopic (exact) mass is 1030 g/mol. The summed E-state index contributed by atoms with van der Waals surface area (Å²) in [5, 5.41) is 5.33. The molecule has 3 fully saturated rings. The SMILES string of the molecule is CCn1c(-c2cccnc2[C@H](C)OC)c2c3cc(ccc31)-c1cc(F)cc(c1)C[C@H](NC(=O)[C@H](C(C)C)N(C)C(=O)N1CC[C@]3(CC(C(=O)/C=C/CN(C)C)CCO3)C1)C(=O)N1CCC[C@H](N1)C(=O)OCC(C)(C)C2. The van der Waals surface area contributed by atoms with Crippen molar-refractivity contribution in [2.45, 2.75) is 123 Å². The minimum Gasteiger partial charge on any atom is -0.464 e. The summed E-state index contributed by atoms with van der Waals surface area (Å²) in [7, 11) is 7.14. The first-order valence-electron chi connectivity index (χ1n) is 26.7. The molecule has 3 saturated heterocycles. The van der Waals surface area contributed by atoms with Crippen molar-refractivity contribution in [2.75, 3.05) is 67.6 Å². The van der Waals surface area contributed by atoms with E-state index in [0.717, 1.165) is 39.0 Å². The molecular formula is C58H77FN8O8. The summed E-state index contributed by atoms with van der Waals surface area (Å²) in [6.45, 7) is 14.6. The van der Waals surface area contributed by atoms with Crippen molar-refractivity contribution in [2.24, 2.45) is 17.3 Å². The van der Waals surface area contributed by atoms with Crippen LogP contribution in [0.5, 0.6) is 0 Å². The fourth-order valence-corrected chi connectivity index (χ4v) is 11.6. The third-order valence-electron chi connectivity index (χ3n) is 15.5. The smallest absolute Gasteiger partial charge is 0.324 e. The Hall–Kier alpha value is -6.01. The Balaban J connectivity index is 1.12. The predicted molar refractivity (Wildman–Crippen MR) is 286 cm³/mol. The predicted octanol–water partition coefficient (Wildman–Crippen LogP) is 7.52. The molecular weight excluding hydrogens is 956 g/mol. The number of hydrogen-bond acceptors (Lipinski definition) is 11. The Bertz CT molecular complexity index is 2810. The average Bonchev–Trinajstić information content (AvgIpc) is 3.93. The summed E-state index contributed by atoms with van der Waals surface area (Å²) in [4.78, 5) is 81.2. The number of carbonyl (C=O) groups excluding carboxylic acids is 5. The number of methoxy groups -OCH3 is 1. The molecule has 4 aliphatic heterocycles. The maximum atomic E-state index is 16.1. The summed E-state index contributed by atoms with van der Waals surface area (Å²) in [5.41, 5.74) is 8.37. The van der Waals surface area contributed by atoms with E-state index in [4.69, 9.17) is 19.2 Å². The molecule has 4 aromatic rings. The lowest BCUT2D eigenvalue weighted by atomic mass is 9.82. The number of aromatic nitrogens is 2. The fraction of sp³-hybridized carbons (Fsp3) is 0.552. The van der Waals surface area contributed by atoms with Crippen LogP contribution in [0.1, 0.15) is 96.6 Å². The Kier molecular flexibility index (Phi) is 17.0. The molecule has 2 N–H and O–H groups in total. The zero-order valence-electron chi connectivity index (χ0n) is 45.5. The van der Waals surface area contributed by atoms with Gasteiger partial charge in [0, 0.05) is 87.4 Å². The number of cyclic esters (lactones) is 1. The van der Waals surface area contributed by atoms with Gasteiger partial charge in [-0.2, -0.15) is 0 Å². The zero-order valence-corrected chi connectivity index (χ0v) is 45.5. The van der Waals surface area contributed by atoms with Gasteiger partial charge in [0.05, 0.1) is 36.2 Å². The van der Waals surface area contributed by atoms with Crippen LogP contribution in [0, 0.1) is 23.1 Å². The molecule has 17 heteroatoms. The normalized spacial score (nSPS) is 23.2. The molecule has 16 nitrogen and oxygen atoms in total. The van der Waals surface area contributed by atoms with Gasteiger partial charge >= 0.3 is 12.0 Å². The highest BCUT2D eigenvalue weighted by atomic mass is 19.1. The molecule has 1 unspecified atom stereocenters. The van der Waals surface area contributed by atoms with Crippen LogP contribution in [0.25, 0.3) is 33.3 Å². The molecule has 0 saturated carbocycles. The number of likely N-dealkylation sites (N-methyl/N-ethyl adjacent to an activating group) is 2. The third-order valence-corrected chi connectivity index (χ3v) is 15.5. The van der Waals surface area contributed by atoms with Crippen LogP contribution in [0.15, 0.2) is 66.9 Å². The highest BCUT2D eigenvalue weighted by Gasteiger charge is 2.47. The second-order valence-electron chi connectivity index (χ2n) is 22.5. The first kappa shape index (κ1) is 55.2. The van der Waals surface area contributed by atoms with Gasteiger partial charge in [-0.25, -0.2) is 14.6 Å². The quantitative estimate of drug-likeness (QED) is 0.106. The first-order valence-corrected chi connectivity index (χ1v) is 26.7. The van der Waals surface area contributed by atoms with Gasteiger partial charge in [0.2, 0.25) is 5.91 Å². The summed E-state index contributed by atoms with van der Waals surface area (Å²) < 4.78 is 36.7. The van der Waals surface area contributed by atoms with Gasteiger partial charge in [-0.15, -0.1) is 0 Å². The number of allylic oxidation sites excluding steroid dienone is 1. The van der Waals surface area contributed by atoms with Crippen molar-refractivity contribution in [1.29, 1.82) is 0 Å². The summed E-state index contributed by atoms with van der Waals surface area (Å²) >= 11 is 0. The number of likely N-dealkylation sites (tertiary alicyclic amines) is 1. The van der Waals surface area contributed by atoms with Gasteiger partial charge in [-0.1, -0.05) is 45.9 Å². The number of hydrogen-bond donors (Lipinski definition) is 2. The van der Waals surface area contributed by atoms with Crippen molar-refractivity contribution in [3.8, 4) is 22.4 Å². The molecule has 6 bridgehead atoms. The Labute approximate surface area is 441 Å². The molecule has 0 aliphatic carbocycles. The molecule has 4 aliphatic rings. The number of urea groups is 1. The number of ketones is 1. The number of nitrogens with one attached hydrogen (secondary N) is 2. The van der Waals surface area contributed by atoms with Crippen LogP contribution in [0.3, 0.4) is 0 Å². The molecule has 404 valence electrons. The molecule has 2 aromatic carbocycles. The van der Waals surface area contributed by atoms with Gasteiger partial charge in [0.1, 0.15) is 23.9 Å². The molecule has 8 rings (SSSR count). The number of esters is 1. The standard InChI is InChI=1S/C58H77FN8O8/c1-11-66-48-19-18-39-31-44(48)45(52(66)43-15-12-22-60-50(43)37(4)73-10)33-57(5,6)35-74-55(71)46-16-13-24-67(62-46)54(70)47(29-38-27-41(39)30-42(59)28-38)61-53(69)51(36(2)3)64(9)56(72)65-25-21-58(34-65)32-40(20-26-75-58)49(68)17-14-23-63(7)8/h12,14-15,17-19,22,27-28,30-31,36-37,40,46-47,51,62H,11,13,16,20-21,23-26,29,32-35H2,1-10H3,(H,61,69)/b17-14+/t37-,40?,46-,47-,51-,58-/m0/s1. The van der Waals surface area contributed by atoms with Gasteiger partial charge < -0.3 is 38.8 Å². The lowest BCUT2D eigenvalue weighted by Gasteiger charge is -2.38. The number of ether oxygens (including phenoxy) is 3. The summed E-state index contributed by atoms with van der Waals surface area (Å²) in [6, 6.07) is 11.3. The van der Waals surface area contributed by atoms with Crippen LogP contribution in [0.4, 0.5) is 9.18 Å². The van der Waals surface area contributed by atoms with E-state index in [-0.39, 0.29) is 55.9 Å². The number of aryl methyl sites for hydroxylation is 1. The minimum absolute atomic E-state index is 0.0568. The van der Waals surface area contributed by atoms with E-state index in [1.54, 1.807) is 31.3 Å². The molecule has 6 atom stereocenters. The number of amides is 4. The summed E-state index contributed by atoms with van der Waals surface area (Å²) in [6.07, 6.45) is 7.96. The second-order valence-corrected chi connectivity index (χ2v) is 22.5. The minimum atomic E-state index is -1.23. The van der Waals surface area contributed by atoms with Crippen molar-refractivity contribution in [1.82, 2.24) is 40.0 Å². The molecule has 2 aromatic heterocycles. The topological polar surface area (TPSA) is 168 Å². The van der Waals surface area contributed by atoms with Crippen LogP contribution in [-0.4, -0.2) is 150 Å². The highest BCUT2D eigenvalue weighted by molar-refractivity contribution is 5.96. The average molecular weight is 1030 g/mol. The number of fused-ring (bicyclic) bond motifs is 6. The number of pyridine rings is 1. The number of nitrogens with zero attached hydrogens (tertiary/aromatic N) is 6. The molecule has 1 spiro atoms. The van der Waals surface area contributed by atoms with E-state index in [9.17, 15) is 24.0 Å². The lowest BCUT2D eigenvalue weighted by Crippen LogP contribution is -2.62. The van der Waals surface area contributed by atoms with E-state index in [1.807, 2.05) is 64.0 Å². The van der Waals surface area contributed by atoms with Crippen molar-refractivity contribution < 1.29 is 42.6 Å².